The summed E-state index contributed by atoms with van der Waals surface area (Å²) in [6.07, 6.45) is 5.65. The van der Waals surface area contributed by atoms with E-state index in [9.17, 15) is 0 Å². The van der Waals surface area contributed by atoms with Crippen LogP contribution in [0.5, 0.6) is 0 Å². The van der Waals surface area contributed by atoms with Gasteiger partial charge < -0.3 is 10.2 Å². The lowest BCUT2D eigenvalue weighted by Crippen LogP contribution is -2.36. The van der Waals surface area contributed by atoms with E-state index < -0.39 is 0 Å². The number of benzene rings is 1. The predicted octanol–water partition coefficient (Wildman–Crippen LogP) is 3.25. The number of rotatable bonds is 7. The molecular formula is C17H28N2. The van der Waals surface area contributed by atoms with E-state index in [1.165, 1.54) is 37.8 Å². The Hall–Kier alpha value is -0.860. The topological polar surface area (TPSA) is 15.3 Å². The molecule has 1 atom stereocenters. The molecule has 1 aromatic rings. The van der Waals surface area contributed by atoms with Crippen LogP contribution in [0.2, 0.25) is 0 Å². The molecule has 1 aliphatic rings. The molecule has 0 radical (unpaired) electrons. The van der Waals surface area contributed by atoms with Gasteiger partial charge in [0, 0.05) is 25.7 Å². The molecule has 1 aliphatic carbocycles. The van der Waals surface area contributed by atoms with Crippen LogP contribution in [-0.4, -0.2) is 37.6 Å². The van der Waals surface area contributed by atoms with Gasteiger partial charge in [-0.1, -0.05) is 50.1 Å². The van der Waals surface area contributed by atoms with Crippen molar-refractivity contribution < 1.29 is 0 Å². The predicted molar refractivity (Wildman–Crippen MR) is 82.6 cm³/mol. The van der Waals surface area contributed by atoms with E-state index in [1.807, 2.05) is 0 Å². The van der Waals surface area contributed by atoms with Crippen molar-refractivity contribution in [1.29, 1.82) is 0 Å². The lowest BCUT2D eigenvalue weighted by Gasteiger charge is -2.24. The first kappa shape index (κ1) is 14.5. The summed E-state index contributed by atoms with van der Waals surface area (Å²) >= 11 is 0. The van der Waals surface area contributed by atoms with Crippen LogP contribution in [0.3, 0.4) is 0 Å². The Kier molecular flexibility index (Phi) is 5.87. The highest BCUT2D eigenvalue weighted by Crippen LogP contribution is 2.21. The zero-order chi connectivity index (χ0) is 13.5. The highest BCUT2D eigenvalue weighted by atomic mass is 15.1. The Bertz CT molecular complexity index is 344. The van der Waals surface area contributed by atoms with Crippen molar-refractivity contribution in [3.8, 4) is 0 Å². The average molecular weight is 260 g/mol. The summed E-state index contributed by atoms with van der Waals surface area (Å²) in [7, 11) is 2.28. The van der Waals surface area contributed by atoms with Crippen molar-refractivity contribution in [3.63, 3.8) is 0 Å². The number of nitrogens with zero attached hydrogens (tertiary/aromatic N) is 1. The first-order valence-corrected chi connectivity index (χ1v) is 7.73. The first-order valence-electron chi connectivity index (χ1n) is 7.73. The third-order valence-electron chi connectivity index (χ3n) is 4.41. The molecule has 0 bridgehead atoms. The van der Waals surface area contributed by atoms with E-state index >= 15 is 0 Å². The van der Waals surface area contributed by atoms with Gasteiger partial charge in [0.1, 0.15) is 0 Å². The van der Waals surface area contributed by atoms with Crippen LogP contribution >= 0.6 is 0 Å². The fraction of sp³-hybridized carbons (Fsp3) is 0.647. The fourth-order valence-electron chi connectivity index (χ4n) is 3.00. The SMILES string of the molecule is CC(CNCCN(C)C1CCCC1)c1ccccc1. The molecule has 1 fully saturated rings. The normalized spacial score (nSPS) is 18.1. The maximum Gasteiger partial charge on any atom is 0.0107 e. The molecule has 106 valence electrons. The third kappa shape index (κ3) is 4.63. The van der Waals surface area contributed by atoms with Gasteiger partial charge in [-0.05, 0) is 31.4 Å². The van der Waals surface area contributed by atoms with Gasteiger partial charge in [-0.2, -0.15) is 0 Å². The number of likely N-dealkylation sites (N-methyl/N-ethyl adjacent to an activating group) is 1. The molecule has 1 aromatic carbocycles. The van der Waals surface area contributed by atoms with Gasteiger partial charge in [0.25, 0.3) is 0 Å². The molecule has 0 amide bonds. The second kappa shape index (κ2) is 7.66. The summed E-state index contributed by atoms with van der Waals surface area (Å²) in [5.41, 5.74) is 1.43. The van der Waals surface area contributed by atoms with Gasteiger partial charge in [0.05, 0.1) is 0 Å². The first-order chi connectivity index (χ1) is 9.27. The molecule has 0 aromatic heterocycles. The Morgan fingerprint density at radius 2 is 1.89 bits per heavy atom. The second-order valence-corrected chi connectivity index (χ2v) is 5.93. The lowest BCUT2D eigenvalue weighted by molar-refractivity contribution is 0.245. The number of nitrogens with one attached hydrogen (secondary N) is 1. The smallest absolute Gasteiger partial charge is 0.0107 e. The molecule has 2 heteroatoms. The monoisotopic (exact) mass is 260 g/mol. The molecule has 1 unspecified atom stereocenters. The van der Waals surface area contributed by atoms with Crippen LogP contribution in [0, 0.1) is 0 Å². The van der Waals surface area contributed by atoms with Crippen molar-refractivity contribution in [3.05, 3.63) is 35.9 Å². The molecule has 1 N–H and O–H groups in total. The Morgan fingerprint density at radius 3 is 2.58 bits per heavy atom. The van der Waals surface area contributed by atoms with Crippen molar-refractivity contribution in [1.82, 2.24) is 10.2 Å². The van der Waals surface area contributed by atoms with Gasteiger partial charge in [-0.3, -0.25) is 0 Å². The average Bonchev–Trinajstić information content (AvgIpc) is 2.98. The van der Waals surface area contributed by atoms with Gasteiger partial charge in [0.2, 0.25) is 0 Å². The molecule has 0 aliphatic heterocycles. The quantitative estimate of drug-likeness (QED) is 0.757. The third-order valence-corrected chi connectivity index (χ3v) is 4.41. The Labute approximate surface area is 118 Å². The van der Waals surface area contributed by atoms with Crippen LogP contribution in [-0.2, 0) is 0 Å². The Morgan fingerprint density at radius 1 is 1.21 bits per heavy atom. The number of hydrogen-bond acceptors (Lipinski definition) is 2. The van der Waals surface area contributed by atoms with Crippen LogP contribution in [0.25, 0.3) is 0 Å². The van der Waals surface area contributed by atoms with Crippen molar-refractivity contribution >= 4 is 0 Å². The number of hydrogen-bond donors (Lipinski definition) is 1. The summed E-state index contributed by atoms with van der Waals surface area (Å²) in [4.78, 5) is 2.53. The Balaban J connectivity index is 1.61. The van der Waals surface area contributed by atoms with E-state index in [2.05, 4.69) is 54.5 Å². The van der Waals surface area contributed by atoms with Crippen LogP contribution in [0.1, 0.15) is 44.1 Å². The van der Waals surface area contributed by atoms with Gasteiger partial charge >= 0.3 is 0 Å². The zero-order valence-corrected chi connectivity index (χ0v) is 12.4. The summed E-state index contributed by atoms with van der Waals surface area (Å²) < 4.78 is 0. The summed E-state index contributed by atoms with van der Waals surface area (Å²) in [6, 6.07) is 11.6. The molecule has 19 heavy (non-hydrogen) atoms. The summed E-state index contributed by atoms with van der Waals surface area (Å²) in [5.74, 6) is 0.595. The van der Waals surface area contributed by atoms with E-state index in [4.69, 9.17) is 0 Å². The zero-order valence-electron chi connectivity index (χ0n) is 12.4. The van der Waals surface area contributed by atoms with E-state index in [0.29, 0.717) is 5.92 Å². The lowest BCUT2D eigenvalue weighted by atomic mass is 10.0. The second-order valence-electron chi connectivity index (χ2n) is 5.93. The fourth-order valence-corrected chi connectivity index (χ4v) is 3.00. The van der Waals surface area contributed by atoms with Gasteiger partial charge in [0.15, 0.2) is 0 Å². The van der Waals surface area contributed by atoms with E-state index in [1.54, 1.807) is 0 Å². The molecule has 0 saturated heterocycles. The van der Waals surface area contributed by atoms with Crippen LogP contribution < -0.4 is 5.32 Å². The van der Waals surface area contributed by atoms with Crippen molar-refractivity contribution in [2.24, 2.45) is 0 Å². The molecule has 2 rings (SSSR count). The van der Waals surface area contributed by atoms with Gasteiger partial charge in [-0.25, -0.2) is 0 Å². The maximum atomic E-state index is 3.60. The molecular weight excluding hydrogens is 232 g/mol. The molecule has 0 spiro atoms. The minimum atomic E-state index is 0.595. The summed E-state index contributed by atoms with van der Waals surface area (Å²) in [6.45, 7) is 5.64. The minimum absolute atomic E-state index is 0.595. The van der Waals surface area contributed by atoms with E-state index in [-0.39, 0.29) is 0 Å². The van der Waals surface area contributed by atoms with E-state index in [0.717, 1.165) is 19.1 Å². The molecule has 1 saturated carbocycles. The minimum Gasteiger partial charge on any atom is -0.315 e. The van der Waals surface area contributed by atoms with Gasteiger partial charge in [-0.15, -0.1) is 0 Å². The summed E-state index contributed by atoms with van der Waals surface area (Å²) in [5, 5.41) is 3.60. The van der Waals surface area contributed by atoms with Crippen LogP contribution in [0.4, 0.5) is 0 Å². The van der Waals surface area contributed by atoms with Crippen molar-refractivity contribution in [2.45, 2.75) is 44.6 Å². The highest BCUT2D eigenvalue weighted by molar-refractivity contribution is 5.18. The maximum absolute atomic E-state index is 3.60. The highest BCUT2D eigenvalue weighted by Gasteiger charge is 2.18. The standard InChI is InChI=1S/C17H28N2/c1-15(16-8-4-3-5-9-16)14-18-12-13-19(2)17-10-6-7-11-17/h3-5,8-9,15,17-18H,6-7,10-14H2,1-2H3. The molecule has 0 heterocycles. The largest absolute Gasteiger partial charge is 0.315 e. The van der Waals surface area contributed by atoms with Crippen molar-refractivity contribution in [2.75, 3.05) is 26.7 Å². The molecule has 2 nitrogen and oxygen atoms in total. The van der Waals surface area contributed by atoms with Crippen LogP contribution in [0.15, 0.2) is 30.3 Å².